The van der Waals surface area contributed by atoms with Crippen molar-refractivity contribution < 1.29 is 9.90 Å². The average molecular weight is 197 g/mol. The van der Waals surface area contributed by atoms with Crippen LogP contribution in [0.4, 0.5) is 11.5 Å². The molecule has 0 bridgehead atoms. The van der Waals surface area contributed by atoms with Gasteiger partial charge in [-0.25, -0.2) is 9.97 Å². The molecule has 0 aliphatic heterocycles. The lowest BCUT2D eigenvalue weighted by Crippen LogP contribution is -2.34. The Morgan fingerprint density at radius 1 is 1.71 bits per heavy atom. The van der Waals surface area contributed by atoms with E-state index in [1.807, 2.05) is 0 Å². The third-order valence-electron chi connectivity index (χ3n) is 1.53. The molecule has 1 heterocycles. The van der Waals surface area contributed by atoms with Gasteiger partial charge in [0, 0.05) is 0 Å². The average Bonchev–Trinajstić information content (AvgIpc) is 2.16. The fraction of sp³-hybridized carbons (Fsp3) is 0.286. The molecule has 0 aliphatic carbocycles. The number of aromatic nitrogens is 2. The van der Waals surface area contributed by atoms with E-state index in [1.54, 1.807) is 0 Å². The summed E-state index contributed by atoms with van der Waals surface area (Å²) < 4.78 is 0. The highest BCUT2D eigenvalue weighted by atomic mass is 16.3. The molecule has 1 atom stereocenters. The summed E-state index contributed by atoms with van der Waals surface area (Å²) in [7, 11) is 0. The van der Waals surface area contributed by atoms with Gasteiger partial charge in [-0.2, -0.15) is 0 Å². The van der Waals surface area contributed by atoms with Crippen molar-refractivity contribution in [1.82, 2.24) is 9.97 Å². The summed E-state index contributed by atoms with van der Waals surface area (Å²) in [6, 6.07) is 0. The van der Waals surface area contributed by atoms with Gasteiger partial charge < -0.3 is 21.9 Å². The molecule has 0 aliphatic rings. The normalized spacial score (nSPS) is 12.1. The smallest absolute Gasteiger partial charge is 0.248 e. The standard InChI is InChI=1S/C7H11N5O2/c8-4-1-10-3-12-7(4)11-2-5(13)6(9)14/h1,3,5,13H,2,8H2,(H2,9,14)(H,10,11,12). The minimum absolute atomic E-state index is 0.0312. The number of anilines is 2. The predicted octanol–water partition coefficient (Wildman–Crippen LogP) is -1.68. The first kappa shape index (κ1) is 10.2. The SMILES string of the molecule is NC(=O)C(O)CNc1ncncc1N. The molecule has 1 amide bonds. The Morgan fingerprint density at radius 3 is 3.00 bits per heavy atom. The lowest BCUT2D eigenvalue weighted by atomic mass is 10.3. The Morgan fingerprint density at radius 2 is 2.43 bits per heavy atom. The number of nitrogens with zero attached hydrogens (tertiary/aromatic N) is 2. The second-order valence-electron chi connectivity index (χ2n) is 2.63. The molecule has 76 valence electrons. The van der Waals surface area contributed by atoms with E-state index in [2.05, 4.69) is 15.3 Å². The fourth-order valence-electron chi connectivity index (χ4n) is 0.782. The van der Waals surface area contributed by atoms with Gasteiger partial charge in [-0.05, 0) is 0 Å². The van der Waals surface area contributed by atoms with E-state index in [9.17, 15) is 4.79 Å². The number of hydrogen-bond donors (Lipinski definition) is 4. The van der Waals surface area contributed by atoms with Crippen LogP contribution in [0.15, 0.2) is 12.5 Å². The minimum atomic E-state index is -1.26. The van der Waals surface area contributed by atoms with Crippen molar-refractivity contribution in [3.8, 4) is 0 Å². The van der Waals surface area contributed by atoms with Gasteiger partial charge in [0.25, 0.3) is 0 Å². The molecule has 6 N–H and O–H groups in total. The number of hydrogen-bond acceptors (Lipinski definition) is 6. The van der Waals surface area contributed by atoms with Crippen LogP contribution in [0, 0.1) is 0 Å². The number of nitrogen functional groups attached to an aromatic ring is 1. The Kier molecular flexibility index (Phi) is 3.19. The van der Waals surface area contributed by atoms with Crippen LogP contribution in [0.1, 0.15) is 0 Å². The molecular formula is C7H11N5O2. The molecule has 7 heteroatoms. The molecule has 1 aromatic rings. The maximum atomic E-state index is 10.5. The van der Waals surface area contributed by atoms with Gasteiger partial charge in [-0.1, -0.05) is 0 Å². The van der Waals surface area contributed by atoms with E-state index in [0.29, 0.717) is 11.5 Å². The zero-order chi connectivity index (χ0) is 10.6. The number of nitrogens with two attached hydrogens (primary N) is 2. The molecule has 7 nitrogen and oxygen atoms in total. The van der Waals surface area contributed by atoms with Crippen LogP contribution in [-0.2, 0) is 4.79 Å². The van der Waals surface area contributed by atoms with Gasteiger partial charge in [0.1, 0.15) is 12.4 Å². The number of rotatable bonds is 4. The maximum Gasteiger partial charge on any atom is 0.248 e. The third kappa shape index (κ3) is 2.56. The molecule has 1 rings (SSSR count). The summed E-state index contributed by atoms with van der Waals surface area (Å²) in [5.74, 6) is -0.439. The molecule has 0 aromatic carbocycles. The summed E-state index contributed by atoms with van der Waals surface area (Å²) in [6.07, 6.45) is 1.45. The molecule has 0 saturated heterocycles. The second kappa shape index (κ2) is 4.38. The van der Waals surface area contributed by atoms with Crippen LogP contribution in [0.5, 0.6) is 0 Å². The topological polar surface area (TPSA) is 127 Å². The first-order chi connectivity index (χ1) is 6.61. The monoisotopic (exact) mass is 197 g/mol. The number of aliphatic hydroxyl groups is 1. The highest BCUT2D eigenvalue weighted by Gasteiger charge is 2.10. The summed E-state index contributed by atoms with van der Waals surface area (Å²) in [5, 5.41) is 11.7. The van der Waals surface area contributed by atoms with E-state index < -0.39 is 12.0 Å². The highest BCUT2D eigenvalue weighted by Crippen LogP contribution is 2.10. The van der Waals surface area contributed by atoms with Crippen LogP contribution in [0.2, 0.25) is 0 Å². The second-order valence-corrected chi connectivity index (χ2v) is 2.63. The zero-order valence-electron chi connectivity index (χ0n) is 7.34. The Labute approximate surface area is 80.2 Å². The van der Waals surface area contributed by atoms with E-state index in [1.165, 1.54) is 12.5 Å². The first-order valence-corrected chi connectivity index (χ1v) is 3.88. The third-order valence-corrected chi connectivity index (χ3v) is 1.53. The molecule has 0 fully saturated rings. The van der Waals surface area contributed by atoms with Crippen molar-refractivity contribution in [2.45, 2.75) is 6.10 Å². The molecule has 1 aromatic heterocycles. The largest absolute Gasteiger partial charge is 0.394 e. The van der Waals surface area contributed by atoms with E-state index in [-0.39, 0.29) is 6.54 Å². The van der Waals surface area contributed by atoms with Gasteiger partial charge in [-0.3, -0.25) is 4.79 Å². The van der Waals surface area contributed by atoms with Crippen molar-refractivity contribution in [3.63, 3.8) is 0 Å². The van der Waals surface area contributed by atoms with Crippen molar-refractivity contribution >= 4 is 17.4 Å². The molecular weight excluding hydrogens is 186 g/mol. The summed E-state index contributed by atoms with van der Waals surface area (Å²) >= 11 is 0. The number of carbonyl (C=O) groups is 1. The molecule has 1 unspecified atom stereocenters. The van der Waals surface area contributed by atoms with Crippen molar-refractivity contribution in [2.24, 2.45) is 5.73 Å². The Hall–Kier alpha value is -1.89. The Bertz CT molecular complexity index is 330. The maximum absolute atomic E-state index is 10.5. The molecule has 0 spiro atoms. The van der Waals surface area contributed by atoms with Crippen LogP contribution < -0.4 is 16.8 Å². The van der Waals surface area contributed by atoms with Crippen molar-refractivity contribution in [2.75, 3.05) is 17.6 Å². The summed E-state index contributed by atoms with van der Waals surface area (Å²) in [6.45, 7) is -0.0312. The van der Waals surface area contributed by atoms with Gasteiger partial charge in [-0.15, -0.1) is 0 Å². The van der Waals surface area contributed by atoms with E-state index in [4.69, 9.17) is 16.6 Å². The highest BCUT2D eigenvalue weighted by molar-refractivity contribution is 5.79. The summed E-state index contributed by atoms with van der Waals surface area (Å²) in [4.78, 5) is 17.9. The number of nitrogens with one attached hydrogen (secondary N) is 1. The number of primary amides is 1. The first-order valence-electron chi connectivity index (χ1n) is 3.88. The molecule has 0 saturated carbocycles. The van der Waals surface area contributed by atoms with E-state index >= 15 is 0 Å². The van der Waals surface area contributed by atoms with Crippen LogP contribution in [0.25, 0.3) is 0 Å². The van der Waals surface area contributed by atoms with Gasteiger partial charge in [0.2, 0.25) is 5.91 Å². The van der Waals surface area contributed by atoms with Crippen molar-refractivity contribution in [1.29, 1.82) is 0 Å². The van der Waals surface area contributed by atoms with Crippen LogP contribution in [-0.4, -0.2) is 33.6 Å². The van der Waals surface area contributed by atoms with Gasteiger partial charge >= 0.3 is 0 Å². The van der Waals surface area contributed by atoms with E-state index in [0.717, 1.165) is 0 Å². The quantitative estimate of drug-likeness (QED) is 0.456. The number of amides is 1. The number of carbonyl (C=O) groups excluding carboxylic acids is 1. The van der Waals surface area contributed by atoms with Crippen molar-refractivity contribution in [3.05, 3.63) is 12.5 Å². The minimum Gasteiger partial charge on any atom is -0.394 e. The summed E-state index contributed by atoms with van der Waals surface area (Å²) in [5.41, 5.74) is 10.7. The lowest BCUT2D eigenvalue weighted by molar-refractivity contribution is -0.125. The van der Waals surface area contributed by atoms with Gasteiger partial charge in [0.05, 0.1) is 18.4 Å². The van der Waals surface area contributed by atoms with Gasteiger partial charge in [0.15, 0.2) is 5.82 Å². The fourth-order valence-corrected chi connectivity index (χ4v) is 0.782. The van der Waals surface area contributed by atoms with Crippen LogP contribution in [0.3, 0.4) is 0 Å². The number of aliphatic hydroxyl groups excluding tert-OH is 1. The van der Waals surface area contributed by atoms with Crippen LogP contribution >= 0.6 is 0 Å². The molecule has 0 radical (unpaired) electrons. The Balaban J connectivity index is 2.54. The lowest BCUT2D eigenvalue weighted by Gasteiger charge is -2.09. The predicted molar refractivity (Wildman–Crippen MR) is 50.1 cm³/mol. The molecule has 14 heavy (non-hydrogen) atoms. The zero-order valence-corrected chi connectivity index (χ0v) is 7.34.